The predicted molar refractivity (Wildman–Crippen MR) is 71.4 cm³/mol. The second-order valence-electron chi connectivity index (χ2n) is 3.28. The molecule has 0 radical (unpaired) electrons. The summed E-state index contributed by atoms with van der Waals surface area (Å²) in [7, 11) is 0. The summed E-state index contributed by atoms with van der Waals surface area (Å²) in [5, 5.41) is 1.26. The molecule has 0 unspecified atom stereocenters. The average Bonchev–Trinajstić information content (AvgIpc) is 2.79. The fraction of sp³-hybridized carbons (Fsp3) is 0.333. The van der Waals surface area contributed by atoms with Crippen molar-refractivity contribution in [3.63, 3.8) is 0 Å². The number of aromatic amines is 1. The summed E-state index contributed by atoms with van der Waals surface area (Å²) in [6.07, 6.45) is 3.75. The minimum atomic E-state index is 0.850. The molecule has 16 heavy (non-hydrogen) atoms. The number of hydrogen-bond acceptors (Lipinski definition) is 0. The van der Waals surface area contributed by atoms with E-state index < -0.39 is 0 Å². The molecular formula is C15H19N. The van der Waals surface area contributed by atoms with Gasteiger partial charge >= 0.3 is 0 Å². The van der Waals surface area contributed by atoms with E-state index in [1.165, 1.54) is 16.5 Å². The Labute approximate surface area is 97.9 Å². The van der Waals surface area contributed by atoms with Crippen LogP contribution in [0, 0.1) is 11.8 Å². The molecule has 0 atom stereocenters. The molecule has 2 aromatic rings. The number of hydrogen-bond donors (Lipinski definition) is 1. The van der Waals surface area contributed by atoms with Gasteiger partial charge < -0.3 is 4.98 Å². The molecule has 0 aliphatic carbocycles. The van der Waals surface area contributed by atoms with Crippen LogP contribution >= 0.6 is 0 Å². The molecule has 84 valence electrons. The van der Waals surface area contributed by atoms with Crippen LogP contribution in [0.25, 0.3) is 10.9 Å². The van der Waals surface area contributed by atoms with Crippen molar-refractivity contribution in [2.24, 2.45) is 0 Å². The molecule has 1 N–H and O–H groups in total. The number of rotatable bonds is 1. The summed E-state index contributed by atoms with van der Waals surface area (Å²) in [6, 6.07) is 8.52. The Hall–Kier alpha value is -1.68. The zero-order valence-corrected chi connectivity index (χ0v) is 10.3. The average molecular weight is 213 g/mol. The first-order valence-corrected chi connectivity index (χ1v) is 5.92. The summed E-state index contributed by atoms with van der Waals surface area (Å²) in [5.41, 5.74) is 2.47. The van der Waals surface area contributed by atoms with Gasteiger partial charge in [0.2, 0.25) is 0 Å². The lowest BCUT2D eigenvalue weighted by Gasteiger charge is -1.95. The van der Waals surface area contributed by atoms with Gasteiger partial charge in [-0.25, -0.2) is 0 Å². The van der Waals surface area contributed by atoms with Gasteiger partial charge in [0.25, 0.3) is 0 Å². The highest BCUT2D eigenvalue weighted by molar-refractivity contribution is 5.79. The number of aromatic nitrogens is 1. The maximum absolute atomic E-state index is 3.20. The second kappa shape index (κ2) is 6.74. The Balaban J connectivity index is 0.000000606. The van der Waals surface area contributed by atoms with E-state index in [9.17, 15) is 0 Å². The van der Waals surface area contributed by atoms with Crippen molar-refractivity contribution >= 4 is 10.9 Å². The quantitative estimate of drug-likeness (QED) is 0.685. The lowest BCUT2D eigenvalue weighted by Crippen LogP contribution is -1.80. The number of nitrogens with one attached hydrogen (secondary N) is 1. The molecule has 0 saturated heterocycles. The minimum absolute atomic E-state index is 0.850. The van der Waals surface area contributed by atoms with E-state index in [0.717, 1.165) is 12.8 Å². The minimum Gasteiger partial charge on any atom is -0.361 e. The Kier molecular flexibility index (Phi) is 5.22. The van der Waals surface area contributed by atoms with Crippen molar-refractivity contribution in [3.8, 4) is 11.8 Å². The van der Waals surface area contributed by atoms with Crippen molar-refractivity contribution in [3.05, 3.63) is 36.0 Å². The zero-order chi connectivity index (χ0) is 11.8. The molecule has 2 rings (SSSR count). The molecule has 0 amide bonds. The largest absolute Gasteiger partial charge is 0.361 e. The Morgan fingerprint density at radius 1 is 1.12 bits per heavy atom. The molecule has 0 aliphatic rings. The van der Waals surface area contributed by atoms with Crippen molar-refractivity contribution < 1.29 is 0 Å². The lowest BCUT2D eigenvalue weighted by atomic mass is 10.1. The SMILES string of the molecule is CC.CCC#CCc1ccc2cc[nH]c2c1. The fourth-order valence-corrected chi connectivity index (χ4v) is 1.49. The maximum atomic E-state index is 3.20. The van der Waals surface area contributed by atoms with Crippen molar-refractivity contribution in [1.29, 1.82) is 0 Å². The second-order valence-corrected chi connectivity index (χ2v) is 3.28. The van der Waals surface area contributed by atoms with E-state index in [-0.39, 0.29) is 0 Å². The van der Waals surface area contributed by atoms with Crippen LogP contribution in [0.5, 0.6) is 0 Å². The van der Waals surface area contributed by atoms with Crippen molar-refractivity contribution in [2.45, 2.75) is 33.6 Å². The van der Waals surface area contributed by atoms with E-state index >= 15 is 0 Å². The third-order valence-corrected chi connectivity index (χ3v) is 2.21. The summed E-state index contributed by atoms with van der Waals surface area (Å²) in [6.45, 7) is 6.07. The van der Waals surface area contributed by atoms with E-state index in [4.69, 9.17) is 0 Å². The molecule has 1 heteroatoms. The highest BCUT2D eigenvalue weighted by atomic mass is 14.7. The van der Waals surface area contributed by atoms with Gasteiger partial charge in [-0.15, -0.1) is 5.92 Å². The van der Waals surface area contributed by atoms with Crippen LogP contribution < -0.4 is 0 Å². The van der Waals surface area contributed by atoms with Gasteiger partial charge in [0.15, 0.2) is 0 Å². The van der Waals surface area contributed by atoms with Gasteiger partial charge in [-0.1, -0.05) is 38.8 Å². The van der Waals surface area contributed by atoms with Gasteiger partial charge in [0, 0.05) is 24.6 Å². The van der Waals surface area contributed by atoms with Gasteiger partial charge in [-0.05, 0) is 23.1 Å². The van der Waals surface area contributed by atoms with Gasteiger partial charge in [0.05, 0.1) is 0 Å². The molecule has 0 aliphatic heterocycles. The number of fused-ring (bicyclic) bond motifs is 1. The van der Waals surface area contributed by atoms with E-state index in [2.05, 4.69) is 48.0 Å². The first-order valence-electron chi connectivity index (χ1n) is 5.92. The van der Waals surface area contributed by atoms with Crippen LogP contribution in [0.2, 0.25) is 0 Å². The predicted octanol–water partition coefficient (Wildman–Crippen LogP) is 4.15. The Morgan fingerprint density at radius 3 is 2.69 bits per heavy atom. The van der Waals surface area contributed by atoms with Crippen LogP contribution in [-0.4, -0.2) is 4.98 Å². The summed E-state index contributed by atoms with van der Waals surface area (Å²) in [5.74, 6) is 6.22. The smallest absolute Gasteiger partial charge is 0.0457 e. The highest BCUT2D eigenvalue weighted by Gasteiger charge is 1.94. The van der Waals surface area contributed by atoms with Crippen LogP contribution in [0.1, 0.15) is 32.8 Å². The number of H-pyrrole nitrogens is 1. The molecular weight excluding hydrogens is 194 g/mol. The van der Waals surface area contributed by atoms with E-state index in [1.807, 2.05) is 20.0 Å². The van der Waals surface area contributed by atoms with Crippen molar-refractivity contribution in [2.75, 3.05) is 0 Å². The maximum Gasteiger partial charge on any atom is 0.0457 e. The molecule has 1 aromatic heterocycles. The number of benzene rings is 1. The van der Waals surface area contributed by atoms with Crippen LogP contribution in [0.15, 0.2) is 30.5 Å². The monoisotopic (exact) mass is 213 g/mol. The molecule has 1 nitrogen and oxygen atoms in total. The first kappa shape index (κ1) is 12.4. The van der Waals surface area contributed by atoms with E-state index in [0.29, 0.717) is 0 Å². The highest BCUT2D eigenvalue weighted by Crippen LogP contribution is 2.14. The molecule has 0 fully saturated rings. The van der Waals surface area contributed by atoms with Crippen molar-refractivity contribution in [1.82, 2.24) is 4.98 Å². The normalized spacial score (nSPS) is 8.94. The molecule has 0 spiro atoms. The molecule has 0 bridgehead atoms. The summed E-state index contributed by atoms with van der Waals surface area (Å²) >= 11 is 0. The first-order chi connectivity index (χ1) is 7.90. The topological polar surface area (TPSA) is 15.8 Å². The third-order valence-electron chi connectivity index (χ3n) is 2.21. The summed E-state index contributed by atoms with van der Waals surface area (Å²) < 4.78 is 0. The Morgan fingerprint density at radius 2 is 1.94 bits per heavy atom. The van der Waals surface area contributed by atoms with Crippen LogP contribution in [-0.2, 0) is 6.42 Å². The molecule has 0 saturated carbocycles. The van der Waals surface area contributed by atoms with Gasteiger partial charge in [-0.2, -0.15) is 0 Å². The van der Waals surface area contributed by atoms with Gasteiger partial charge in [0.1, 0.15) is 0 Å². The fourth-order valence-electron chi connectivity index (χ4n) is 1.49. The molecule has 1 heterocycles. The van der Waals surface area contributed by atoms with Crippen LogP contribution in [0.3, 0.4) is 0 Å². The lowest BCUT2D eigenvalue weighted by molar-refractivity contribution is 1.25. The third kappa shape index (κ3) is 3.17. The summed E-state index contributed by atoms with van der Waals surface area (Å²) in [4.78, 5) is 3.20. The zero-order valence-electron chi connectivity index (χ0n) is 10.3. The standard InChI is InChI=1S/C13H13N.C2H6/c1-2-3-4-5-11-6-7-12-8-9-14-13(12)10-11;1-2/h6-10,14H,2,5H2,1H3;1-2H3. The van der Waals surface area contributed by atoms with Crippen LogP contribution in [0.4, 0.5) is 0 Å². The van der Waals surface area contributed by atoms with E-state index in [1.54, 1.807) is 0 Å². The molecule has 1 aromatic carbocycles. The Bertz CT molecular complexity index is 483. The van der Waals surface area contributed by atoms with Gasteiger partial charge in [-0.3, -0.25) is 0 Å².